The number of benzene rings is 1. The number of carbonyl (C=O) groups excluding carboxylic acids is 1. The van der Waals surface area contributed by atoms with Crippen LogP contribution < -0.4 is 5.32 Å². The summed E-state index contributed by atoms with van der Waals surface area (Å²) in [5, 5.41) is 4.12. The lowest BCUT2D eigenvalue weighted by Gasteiger charge is -2.04. The molecule has 1 aromatic carbocycles. The van der Waals surface area contributed by atoms with Gasteiger partial charge in [-0.05, 0) is 23.8 Å². The van der Waals surface area contributed by atoms with Crippen molar-refractivity contribution in [1.82, 2.24) is 20.3 Å². The van der Waals surface area contributed by atoms with Crippen molar-refractivity contribution in [3.05, 3.63) is 66.1 Å². The number of fused-ring (bicyclic) bond motifs is 2. The second-order valence-corrected chi connectivity index (χ2v) is 5.53. The van der Waals surface area contributed by atoms with Gasteiger partial charge in [-0.25, -0.2) is 0 Å². The molecule has 0 fully saturated rings. The lowest BCUT2D eigenvalue weighted by atomic mass is 10.1. The molecule has 5 heteroatoms. The molecule has 0 saturated heterocycles. The van der Waals surface area contributed by atoms with Gasteiger partial charge in [0.15, 0.2) is 0 Å². The Morgan fingerprint density at radius 1 is 1.00 bits per heavy atom. The van der Waals surface area contributed by atoms with Gasteiger partial charge in [-0.1, -0.05) is 18.2 Å². The van der Waals surface area contributed by atoms with Gasteiger partial charge in [-0.2, -0.15) is 0 Å². The van der Waals surface area contributed by atoms with E-state index in [0.29, 0.717) is 13.0 Å². The summed E-state index contributed by atoms with van der Waals surface area (Å²) in [4.78, 5) is 22.9. The van der Waals surface area contributed by atoms with Crippen LogP contribution in [0.5, 0.6) is 0 Å². The Bertz CT molecular complexity index is 983. The van der Waals surface area contributed by atoms with Crippen molar-refractivity contribution in [3.8, 4) is 0 Å². The molecule has 0 bridgehead atoms. The number of nitrogens with one attached hydrogen (secondary N) is 3. The Kier molecular flexibility index (Phi) is 3.31. The predicted molar refractivity (Wildman–Crippen MR) is 89.9 cm³/mol. The molecule has 23 heavy (non-hydrogen) atoms. The predicted octanol–water partition coefficient (Wildman–Crippen LogP) is 2.90. The van der Waals surface area contributed by atoms with E-state index in [9.17, 15) is 4.79 Å². The minimum atomic E-state index is -0.0122. The molecule has 114 valence electrons. The summed E-state index contributed by atoms with van der Waals surface area (Å²) < 4.78 is 0. The van der Waals surface area contributed by atoms with Crippen LogP contribution in [-0.2, 0) is 17.8 Å². The summed E-state index contributed by atoms with van der Waals surface area (Å²) in [7, 11) is 0. The van der Waals surface area contributed by atoms with Crippen molar-refractivity contribution in [1.29, 1.82) is 0 Å². The number of aromatic amines is 2. The standard InChI is InChI=1S/C18H16N4O/c23-17(8-12-9-21-16-6-3-7-19-18(12)16)22-11-13-10-20-15-5-2-1-4-14(13)15/h1-7,9-10,20-21H,8,11H2,(H,22,23). The first-order chi connectivity index (χ1) is 11.3. The number of amides is 1. The van der Waals surface area contributed by atoms with E-state index in [1.54, 1.807) is 6.20 Å². The average Bonchev–Trinajstić information content (AvgIpc) is 3.18. The zero-order chi connectivity index (χ0) is 15.6. The van der Waals surface area contributed by atoms with Crippen molar-refractivity contribution in [3.63, 3.8) is 0 Å². The maximum Gasteiger partial charge on any atom is 0.224 e. The molecule has 0 saturated carbocycles. The number of aromatic nitrogens is 3. The van der Waals surface area contributed by atoms with Gasteiger partial charge < -0.3 is 15.3 Å². The quantitative estimate of drug-likeness (QED) is 0.542. The van der Waals surface area contributed by atoms with E-state index in [1.807, 2.05) is 42.7 Å². The zero-order valence-electron chi connectivity index (χ0n) is 12.5. The molecule has 3 aromatic heterocycles. The maximum atomic E-state index is 12.2. The first kappa shape index (κ1) is 13.6. The molecule has 0 unspecified atom stereocenters. The molecular formula is C18H16N4O. The topological polar surface area (TPSA) is 73.6 Å². The van der Waals surface area contributed by atoms with Crippen LogP contribution in [0.15, 0.2) is 55.0 Å². The van der Waals surface area contributed by atoms with Gasteiger partial charge in [-0.15, -0.1) is 0 Å². The summed E-state index contributed by atoms with van der Waals surface area (Å²) >= 11 is 0. The van der Waals surface area contributed by atoms with Crippen LogP contribution in [0.1, 0.15) is 11.1 Å². The second kappa shape index (κ2) is 5.61. The largest absolute Gasteiger partial charge is 0.361 e. The van der Waals surface area contributed by atoms with Crippen LogP contribution in [0.3, 0.4) is 0 Å². The number of nitrogens with zero attached hydrogens (tertiary/aromatic N) is 1. The number of para-hydroxylation sites is 1. The molecular weight excluding hydrogens is 288 g/mol. The number of carbonyl (C=O) groups is 1. The fourth-order valence-electron chi connectivity index (χ4n) is 2.85. The maximum absolute atomic E-state index is 12.2. The molecule has 0 aliphatic rings. The van der Waals surface area contributed by atoms with E-state index in [1.165, 1.54) is 0 Å². The third-order valence-corrected chi connectivity index (χ3v) is 4.02. The Morgan fingerprint density at radius 3 is 2.74 bits per heavy atom. The number of hydrogen-bond donors (Lipinski definition) is 3. The summed E-state index contributed by atoms with van der Waals surface area (Å²) in [6.45, 7) is 0.513. The molecule has 1 amide bonds. The number of rotatable bonds is 4. The fourth-order valence-corrected chi connectivity index (χ4v) is 2.85. The van der Waals surface area contributed by atoms with Gasteiger partial charge >= 0.3 is 0 Å². The minimum absolute atomic E-state index is 0.0122. The van der Waals surface area contributed by atoms with Crippen LogP contribution in [0.25, 0.3) is 21.9 Å². The molecule has 0 aliphatic carbocycles. The fraction of sp³-hybridized carbons (Fsp3) is 0.111. The summed E-state index contributed by atoms with van der Waals surface area (Å²) in [5.74, 6) is -0.0122. The van der Waals surface area contributed by atoms with Gasteiger partial charge in [0.2, 0.25) is 5.91 Å². The van der Waals surface area contributed by atoms with E-state index >= 15 is 0 Å². The third-order valence-electron chi connectivity index (χ3n) is 4.02. The lowest BCUT2D eigenvalue weighted by molar-refractivity contribution is -0.120. The van der Waals surface area contributed by atoms with Gasteiger partial charge in [0.1, 0.15) is 0 Å². The molecule has 0 radical (unpaired) electrons. The van der Waals surface area contributed by atoms with E-state index in [4.69, 9.17) is 0 Å². The first-order valence-corrected chi connectivity index (χ1v) is 7.54. The summed E-state index contributed by atoms with van der Waals surface area (Å²) in [5.41, 5.74) is 4.89. The average molecular weight is 304 g/mol. The van der Waals surface area contributed by atoms with E-state index in [2.05, 4.69) is 26.3 Å². The van der Waals surface area contributed by atoms with Crippen molar-refractivity contribution < 1.29 is 4.79 Å². The summed E-state index contributed by atoms with van der Waals surface area (Å²) in [6.07, 6.45) is 5.85. The third kappa shape index (κ3) is 2.57. The van der Waals surface area contributed by atoms with Crippen LogP contribution in [-0.4, -0.2) is 20.9 Å². The van der Waals surface area contributed by atoms with Gasteiger partial charge in [0.05, 0.1) is 17.5 Å². The number of pyridine rings is 1. The van der Waals surface area contributed by atoms with Gasteiger partial charge in [0, 0.05) is 41.6 Å². The Hall–Kier alpha value is -3.08. The van der Waals surface area contributed by atoms with Gasteiger partial charge in [-0.3, -0.25) is 9.78 Å². The van der Waals surface area contributed by atoms with Crippen LogP contribution in [0.2, 0.25) is 0 Å². The highest BCUT2D eigenvalue weighted by Gasteiger charge is 2.10. The minimum Gasteiger partial charge on any atom is -0.361 e. The zero-order valence-corrected chi connectivity index (χ0v) is 12.5. The molecule has 0 aliphatic heterocycles. The first-order valence-electron chi connectivity index (χ1n) is 7.54. The number of hydrogen-bond acceptors (Lipinski definition) is 2. The molecule has 4 rings (SSSR count). The monoisotopic (exact) mass is 304 g/mol. The van der Waals surface area contributed by atoms with Crippen molar-refractivity contribution >= 4 is 27.8 Å². The van der Waals surface area contributed by atoms with Crippen LogP contribution in [0, 0.1) is 0 Å². The molecule has 0 spiro atoms. The van der Waals surface area contributed by atoms with E-state index in [0.717, 1.165) is 33.1 Å². The van der Waals surface area contributed by atoms with Crippen LogP contribution >= 0.6 is 0 Å². The van der Waals surface area contributed by atoms with E-state index < -0.39 is 0 Å². The Morgan fingerprint density at radius 2 is 1.78 bits per heavy atom. The molecule has 3 N–H and O–H groups in total. The SMILES string of the molecule is O=C(Cc1c[nH]c2cccnc12)NCc1c[nH]c2ccccc12. The Labute approximate surface area is 132 Å². The highest BCUT2D eigenvalue weighted by Crippen LogP contribution is 2.18. The van der Waals surface area contributed by atoms with E-state index in [-0.39, 0.29) is 5.91 Å². The van der Waals surface area contributed by atoms with Crippen LogP contribution in [0.4, 0.5) is 0 Å². The highest BCUT2D eigenvalue weighted by atomic mass is 16.1. The van der Waals surface area contributed by atoms with Crippen molar-refractivity contribution in [2.45, 2.75) is 13.0 Å². The molecule has 0 atom stereocenters. The molecule has 5 nitrogen and oxygen atoms in total. The van der Waals surface area contributed by atoms with Gasteiger partial charge in [0.25, 0.3) is 0 Å². The smallest absolute Gasteiger partial charge is 0.224 e. The normalized spacial score (nSPS) is 11.1. The molecule has 3 heterocycles. The number of H-pyrrole nitrogens is 2. The second-order valence-electron chi connectivity index (χ2n) is 5.53. The van der Waals surface area contributed by atoms with Crippen molar-refractivity contribution in [2.24, 2.45) is 0 Å². The Balaban J connectivity index is 1.46. The highest BCUT2D eigenvalue weighted by molar-refractivity contribution is 5.87. The van der Waals surface area contributed by atoms with Crippen molar-refractivity contribution in [2.75, 3.05) is 0 Å². The summed E-state index contributed by atoms with van der Waals surface area (Å²) in [6, 6.07) is 11.9. The molecule has 4 aromatic rings. The lowest BCUT2D eigenvalue weighted by Crippen LogP contribution is -2.24.